The minimum Gasteiger partial charge on any atom is -0.493 e. The van der Waals surface area contributed by atoms with Crippen LogP contribution in [0.15, 0.2) is 48.8 Å². The zero-order valence-electron chi connectivity index (χ0n) is 16.0. The maximum absolute atomic E-state index is 13.0. The van der Waals surface area contributed by atoms with Crippen molar-refractivity contribution >= 4 is 28.4 Å². The molecule has 0 aliphatic heterocycles. The van der Waals surface area contributed by atoms with Crippen LogP contribution in [0.3, 0.4) is 0 Å². The number of carbonyl (C=O) groups excluding carboxylic acids is 1. The Labute approximate surface area is 166 Å². The van der Waals surface area contributed by atoms with Gasteiger partial charge in [0.25, 0.3) is 5.91 Å². The van der Waals surface area contributed by atoms with Crippen molar-refractivity contribution in [2.24, 2.45) is 0 Å². The molecule has 3 aromatic heterocycles. The van der Waals surface area contributed by atoms with Crippen molar-refractivity contribution < 1.29 is 19.4 Å². The number of nitrogens with zero attached hydrogens (tertiary/aromatic N) is 2. The summed E-state index contributed by atoms with van der Waals surface area (Å²) in [5, 5.41) is 13.3. The smallest absolute Gasteiger partial charge is 0.326 e. The van der Waals surface area contributed by atoms with Crippen molar-refractivity contribution in [1.82, 2.24) is 19.7 Å². The second-order valence-corrected chi connectivity index (χ2v) is 6.74. The maximum Gasteiger partial charge on any atom is 0.326 e. The summed E-state index contributed by atoms with van der Waals surface area (Å²) >= 11 is 0. The van der Waals surface area contributed by atoms with E-state index in [1.54, 1.807) is 35.9 Å². The summed E-state index contributed by atoms with van der Waals surface area (Å²) in [5.41, 5.74) is 3.01. The second-order valence-electron chi connectivity index (χ2n) is 6.74. The summed E-state index contributed by atoms with van der Waals surface area (Å²) in [4.78, 5) is 32.3. The molecule has 3 N–H and O–H groups in total. The fraction of sp³-hybridized carbons (Fsp3) is 0.190. The number of aryl methyl sites for hydroxylation is 1. The number of carboxylic acid groups (broad SMARTS) is 1. The van der Waals surface area contributed by atoms with Crippen LogP contribution < -0.4 is 10.1 Å². The van der Waals surface area contributed by atoms with E-state index >= 15 is 0 Å². The minimum absolute atomic E-state index is 0.157. The number of fused-ring (bicyclic) bond motifs is 2. The fourth-order valence-corrected chi connectivity index (χ4v) is 3.54. The van der Waals surface area contributed by atoms with E-state index < -0.39 is 17.9 Å². The molecule has 0 saturated heterocycles. The molecule has 1 unspecified atom stereocenters. The lowest BCUT2D eigenvalue weighted by atomic mass is 10.0. The van der Waals surface area contributed by atoms with E-state index in [9.17, 15) is 14.7 Å². The van der Waals surface area contributed by atoms with E-state index in [4.69, 9.17) is 4.74 Å². The minimum atomic E-state index is -1.10. The normalized spacial score (nSPS) is 12.2. The zero-order chi connectivity index (χ0) is 20.5. The first-order valence-electron chi connectivity index (χ1n) is 9.10. The first-order valence-corrected chi connectivity index (χ1v) is 9.10. The van der Waals surface area contributed by atoms with Gasteiger partial charge in [0.2, 0.25) is 0 Å². The summed E-state index contributed by atoms with van der Waals surface area (Å²) in [7, 11) is 1.53. The van der Waals surface area contributed by atoms with Gasteiger partial charge in [0, 0.05) is 29.7 Å². The highest BCUT2D eigenvalue weighted by molar-refractivity contribution is 5.97. The quantitative estimate of drug-likeness (QED) is 0.467. The molecule has 0 spiro atoms. The number of hydrogen-bond acceptors (Lipinski definition) is 4. The number of aliphatic carboxylic acids is 1. The van der Waals surface area contributed by atoms with Gasteiger partial charge in [-0.3, -0.25) is 9.20 Å². The van der Waals surface area contributed by atoms with Gasteiger partial charge >= 0.3 is 5.97 Å². The van der Waals surface area contributed by atoms with Crippen LogP contribution in [0.5, 0.6) is 5.75 Å². The number of pyridine rings is 1. The number of rotatable bonds is 6. The van der Waals surface area contributed by atoms with Gasteiger partial charge in [-0.05, 0) is 30.7 Å². The van der Waals surface area contributed by atoms with E-state index in [-0.39, 0.29) is 12.1 Å². The standard InChI is InChI=1S/C21H20N4O4/c1-12-18(25-9-5-8-17(29-2)19(25)23-12)20(26)24-16(21(27)28)10-13-11-22-15-7-4-3-6-14(13)15/h3-9,11,16,22H,10H2,1-2H3,(H,24,26)(H,27,28). The molecule has 4 aromatic rings. The van der Waals surface area contributed by atoms with Crippen molar-refractivity contribution in [2.45, 2.75) is 19.4 Å². The van der Waals surface area contributed by atoms with Gasteiger partial charge in [-0.15, -0.1) is 0 Å². The SMILES string of the molecule is COc1cccn2c(C(=O)NC(Cc3c[nH]c4ccccc34)C(=O)O)c(C)nc12. The van der Waals surface area contributed by atoms with Crippen LogP contribution in [0, 0.1) is 6.92 Å². The molecule has 0 fully saturated rings. The number of hydrogen-bond donors (Lipinski definition) is 3. The molecular weight excluding hydrogens is 372 g/mol. The molecule has 1 amide bonds. The highest BCUT2D eigenvalue weighted by Crippen LogP contribution is 2.22. The van der Waals surface area contributed by atoms with Gasteiger partial charge in [0.05, 0.1) is 12.8 Å². The van der Waals surface area contributed by atoms with E-state index in [1.165, 1.54) is 7.11 Å². The molecule has 148 valence electrons. The molecule has 3 heterocycles. The van der Waals surface area contributed by atoms with Gasteiger partial charge in [-0.25, -0.2) is 9.78 Å². The lowest BCUT2D eigenvalue weighted by Gasteiger charge is -2.14. The van der Waals surface area contributed by atoms with Crippen LogP contribution in [0.4, 0.5) is 0 Å². The summed E-state index contributed by atoms with van der Waals surface area (Å²) in [6.07, 6.45) is 3.63. The Balaban J connectivity index is 1.64. The lowest BCUT2D eigenvalue weighted by Crippen LogP contribution is -2.42. The summed E-state index contributed by atoms with van der Waals surface area (Å²) in [6, 6.07) is 10.0. The molecule has 0 aliphatic rings. The number of carbonyl (C=O) groups is 2. The topological polar surface area (TPSA) is 109 Å². The number of methoxy groups -OCH3 is 1. The average Bonchev–Trinajstić information content (AvgIpc) is 3.27. The Morgan fingerprint density at radius 1 is 1.28 bits per heavy atom. The number of ether oxygens (including phenoxy) is 1. The number of H-pyrrole nitrogens is 1. The molecule has 4 rings (SSSR count). The Morgan fingerprint density at radius 2 is 2.07 bits per heavy atom. The number of nitrogens with one attached hydrogen (secondary N) is 2. The van der Waals surface area contributed by atoms with Crippen LogP contribution in [-0.2, 0) is 11.2 Å². The summed E-state index contributed by atoms with van der Waals surface area (Å²) < 4.78 is 6.90. The zero-order valence-corrected chi connectivity index (χ0v) is 16.0. The number of aromatic nitrogens is 3. The van der Waals surface area contributed by atoms with Crippen molar-refractivity contribution in [3.05, 3.63) is 65.7 Å². The third-order valence-electron chi connectivity index (χ3n) is 4.93. The van der Waals surface area contributed by atoms with Gasteiger partial charge in [0.15, 0.2) is 11.4 Å². The van der Waals surface area contributed by atoms with Gasteiger partial charge in [-0.1, -0.05) is 18.2 Å². The summed E-state index contributed by atoms with van der Waals surface area (Å²) in [6.45, 7) is 1.71. The molecule has 0 bridgehead atoms. The third-order valence-corrected chi connectivity index (χ3v) is 4.93. The first-order chi connectivity index (χ1) is 14.0. The molecule has 8 nitrogen and oxygen atoms in total. The predicted molar refractivity (Wildman–Crippen MR) is 107 cm³/mol. The number of carboxylic acids is 1. The number of para-hydroxylation sites is 1. The Kier molecular flexibility index (Phi) is 4.67. The number of aromatic amines is 1. The van der Waals surface area contributed by atoms with Gasteiger partial charge < -0.3 is 20.1 Å². The highest BCUT2D eigenvalue weighted by Gasteiger charge is 2.26. The Bertz CT molecular complexity index is 1220. The number of benzene rings is 1. The van der Waals surface area contributed by atoms with Crippen molar-refractivity contribution in [1.29, 1.82) is 0 Å². The van der Waals surface area contributed by atoms with E-state index in [0.29, 0.717) is 17.1 Å². The van der Waals surface area contributed by atoms with Crippen molar-refractivity contribution in [3.8, 4) is 5.75 Å². The monoisotopic (exact) mass is 392 g/mol. The first kappa shape index (κ1) is 18.5. The maximum atomic E-state index is 13.0. The molecule has 0 radical (unpaired) electrons. The molecular formula is C21H20N4O4. The average molecular weight is 392 g/mol. The van der Waals surface area contributed by atoms with Gasteiger partial charge in [0.1, 0.15) is 11.7 Å². The molecule has 8 heteroatoms. The van der Waals surface area contributed by atoms with Crippen LogP contribution in [-0.4, -0.2) is 44.5 Å². The number of amides is 1. The van der Waals surface area contributed by atoms with E-state index in [0.717, 1.165) is 16.5 Å². The molecule has 1 atom stereocenters. The lowest BCUT2D eigenvalue weighted by molar-refractivity contribution is -0.139. The Hall–Kier alpha value is -3.81. The Morgan fingerprint density at radius 3 is 2.83 bits per heavy atom. The van der Waals surface area contributed by atoms with Crippen molar-refractivity contribution in [3.63, 3.8) is 0 Å². The number of imidazole rings is 1. The van der Waals surface area contributed by atoms with Gasteiger partial charge in [-0.2, -0.15) is 0 Å². The second kappa shape index (κ2) is 7.31. The fourth-order valence-electron chi connectivity index (χ4n) is 3.54. The van der Waals surface area contributed by atoms with Crippen LogP contribution in [0.2, 0.25) is 0 Å². The van der Waals surface area contributed by atoms with E-state index in [1.807, 2.05) is 24.3 Å². The molecule has 0 saturated carbocycles. The van der Waals surface area contributed by atoms with Crippen LogP contribution in [0.25, 0.3) is 16.6 Å². The molecule has 0 aliphatic carbocycles. The highest BCUT2D eigenvalue weighted by atomic mass is 16.5. The largest absolute Gasteiger partial charge is 0.493 e. The summed E-state index contributed by atoms with van der Waals surface area (Å²) in [5.74, 6) is -1.08. The van der Waals surface area contributed by atoms with Crippen LogP contribution in [0.1, 0.15) is 21.7 Å². The molecule has 29 heavy (non-hydrogen) atoms. The predicted octanol–water partition coefficient (Wildman–Crippen LogP) is 2.56. The molecule has 1 aromatic carbocycles. The van der Waals surface area contributed by atoms with Crippen molar-refractivity contribution in [2.75, 3.05) is 7.11 Å². The third kappa shape index (κ3) is 3.29. The van der Waals surface area contributed by atoms with Crippen LogP contribution >= 0.6 is 0 Å². The van der Waals surface area contributed by atoms with E-state index in [2.05, 4.69) is 15.3 Å².